The number of sulfonamides is 1. The minimum Gasteiger partial charge on any atom is -0.453 e. The van der Waals surface area contributed by atoms with E-state index in [9.17, 15) is 22.8 Å². The lowest BCUT2D eigenvalue weighted by Gasteiger charge is -2.35. The standard InChI is InChI=1S/C35H51ClN6O7S/c1-21(37-34(45)49-35(2,3)4)22-7-9-25(10-8-22)32(43)42-20-26(23-15-17-41(18-16-23)50(6,46)47)19-28(42)31-39-29(30(36)40-31)24-11-13-27(14-12-24)38-33(44)48-5/h11-14,21-23,25-26,28H,7-10,15-20H2,1-6H3,(H,37,45)(H,38,44)(H,39,40)/t21-,22?,25?,26-,28-/m0/s1. The maximum atomic E-state index is 14.3. The molecule has 276 valence electrons. The van der Waals surface area contributed by atoms with Gasteiger partial charge in [0, 0.05) is 42.8 Å². The van der Waals surface area contributed by atoms with E-state index in [0.717, 1.165) is 44.1 Å². The number of piperidine rings is 1. The van der Waals surface area contributed by atoms with E-state index in [4.69, 9.17) is 21.3 Å². The minimum atomic E-state index is -3.25. The highest BCUT2D eigenvalue weighted by atomic mass is 35.5. The third kappa shape index (κ3) is 9.29. The summed E-state index contributed by atoms with van der Waals surface area (Å²) in [4.78, 5) is 48.5. The third-order valence-electron chi connectivity index (χ3n) is 10.4. The summed E-state index contributed by atoms with van der Waals surface area (Å²) in [6.07, 6.45) is 5.53. The average Bonchev–Trinajstić information content (AvgIpc) is 3.67. The number of hydrogen-bond acceptors (Lipinski definition) is 8. The second kappa shape index (κ2) is 15.5. The molecule has 0 unspecified atom stereocenters. The molecule has 3 N–H and O–H groups in total. The van der Waals surface area contributed by atoms with Crippen LogP contribution in [-0.4, -0.2) is 90.3 Å². The van der Waals surface area contributed by atoms with E-state index in [1.165, 1.54) is 13.4 Å². The number of methoxy groups -OCH3 is 1. The first kappa shape index (κ1) is 37.9. The fraction of sp³-hybridized carbons (Fsp3) is 0.657. The van der Waals surface area contributed by atoms with Crippen molar-refractivity contribution >= 4 is 45.4 Å². The molecule has 3 heterocycles. The first-order chi connectivity index (χ1) is 23.5. The number of anilines is 1. The van der Waals surface area contributed by atoms with Gasteiger partial charge < -0.3 is 24.7 Å². The Labute approximate surface area is 300 Å². The Hall–Kier alpha value is -3.36. The number of aromatic nitrogens is 2. The van der Waals surface area contributed by atoms with Gasteiger partial charge in [-0.05, 0) is 103 Å². The lowest BCUT2D eigenvalue weighted by atomic mass is 9.78. The van der Waals surface area contributed by atoms with Gasteiger partial charge in [-0.15, -0.1) is 0 Å². The number of rotatable bonds is 8. The molecule has 3 fully saturated rings. The van der Waals surface area contributed by atoms with E-state index in [1.54, 1.807) is 16.4 Å². The molecule has 1 aliphatic carbocycles. The van der Waals surface area contributed by atoms with Gasteiger partial charge in [-0.2, -0.15) is 0 Å². The molecule has 3 aliphatic rings. The van der Waals surface area contributed by atoms with Gasteiger partial charge in [-0.25, -0.2) is 27.3 Å². The van der Waals surface area contributed by atoms with Gasteiger partial charge in [0.15, 0.2) is 0 Å². The highest BCUT2D eigenvalue weighted by Gasteiger charge is 2.44. The topological polar surface area (TPSA) is 163 Å². The number of aromatic amines is 1. The Morgan fingerprint density at radius 3 is 2.22 bits per heavy atom. The molecule has 0 radical (unpaired) electrons. The van der Waals surface area contributed by atoms with Crippen molar-refractivity contribution in [3.63, 3.8) is 0 Å². The molecule has 13 nitrogen and oxygen atoms in total. The molecule has 3 amide bonds. The second-order valence-electron chi connectivity index (χ2n) is 15.0. The molecule has 3 atom stereocenters. The smallest absolute Gasteiger partial charge is 0.411 e. The Bertz CT molecular complexity index is 1630. The van der Waals surface area contributed by atoms with Crippen LogP contribution in [-0.2, 0) is 24.3 Å². The maximum Gasteiger partial charge on any atom is 0.411 e. The zero-order valence-electron chi connectivity index (χ0n) is 29.8. The van der Waals surface area contributed by atoms with Crippen LogP contribution >= 0.6 is 11.6 Å². The van der Waals surface area contributed by atoms with Gasteiger partial charge in [-0.3, -0.25) is 10.1 Å². The molecular weight excluding hydrogens is 684 g/mol. The average molecular weight is 735 g/mol. The summed E-state index contributed by atoms with van der Waals surface area (Å²) in [7, 11) is -1.95. The molecule has 1 aromatic heterocycles. The number of nitrogens with zero attached hydrogens (tertiary/aromatic N) is 3. The summed E-state index contributed by atoms with van der Waals surface area (Å²) in [5.74, 6) is 1.29. The largest absolute Gasteiger partial charge is 0.453 e. The number of ether oxygens (including phenoxy) is 2. The normalized spacial score (nSPS) is 24.4. The number of amides is 3. The molecule has 0 spiro atoms. The summed E-state index contributed by atoms with van der Waals surface area (Å²) in [5.41, 5.74) is 1.29. The summed E-state index contributed by atoms with van der Waals surface area (Å²) < 4.78 is 36.0. The highest BCUT2D eigenvalue weighted by molar-refractivity contribution is 7.88. The van der Waals surface area contributed by atoms with E-state index in [-0.39, 0.29) is 41.7 Å². The highest BCUT2D eigenvalue weighted by Crippen LogP contribution is 2.44. The second-order valence-corrected chi connectivity index (χ2v) is 17.4. The van der Waals surface area contributed by atoms with Crippen LogP contribution in [0.5, 0.6) is 0 Å². The molecule has 2 aliphatic heterocycles. The number of carbonyl (C=O) groups excluding carboxylic acids is 3. The van der Waals surface area contributed by atoms with Crippen LogP contribution in [0, 0.1) is 23.7 Å². The zero-order chi connectivity index (χ0) is 36.4. The van der Waals surface area contributed by atoms with Crippen molar-refractivity contribution in [3.05, 3.63) is 35.2 Å². The van der Waals surface area contributed by atoms with Crippen molar-refractivity contribution in [3.8, 4) is 11.3 Å². The van der Waals surface area contributed by atoms with Crippen LogP contribution in [0.4, 0.5) is 15.3 Å². The molecule has 1 aromatic carbocycles. The number of alkyl carbamates (subject to hydrolysis) is 1. The van der Waals surface area contributed by atoms with E-state index in [2.05, 4.69) is 20.4 Å². The number of halogens is 1. The summed E-state index contributed by atoms with van der Waals surface area (Å²) in [5, 5.41) is 5.97. The molecule has 5 rings (SSSR count). The monoisotopic (exact) mass is 734 g/mol. The zero-order valence-corrected chi connectivity index (χ0v) is 31.4. The van der Waals surface area contributed by atoms with Gasteiger partial charge in [0.2, 0.25) is 15.9 Å². The van der Waals surface area contributed by atoms with Gasteiger partial charge in [0.05, 0.1) is 19.4 Å². The van der Waals surface area contributed by atoms with Crippen LogP contribution in [0.15, 0.2) is 24.3 Å². The van der Waals surface area contributed by atoms with Gasteiger partial charge >= 0.3 is 12.2 Å². The number of H-pyrrole nitrogens is 1. The Morgan fingerprint density at radius 1 is 1.00 bits per heavy atom. The van der Waals surface area contributed by atoms with Crippen molar-refractivity contribution in [1.29, 1.82) is 0 Å². The predicted molar refractivity (Wildman–Crippen MR) is 191 cm³/mol. The SMILES string of the molecule is COC(=O)Nc1ccc(-c2nc([C@@H]3C[C@H](C4CCN(S(C)(=O)=O)CC4)CN3C(=O)C3CCC([C@H](C)NC(=O)OC(C)(C)C)CC3)[nH]c2Cl)cc1. The number of benzene rings is 1. The summed E-state index contributed by atoms with van der Waals surface area (Å²) >= 11 is 6.73. The summed E-state index contributed by atoms with van der Waals surface area (Å²) in [6, 6.07) is 6.71. The first-order valence-corrected chi connectivity index (χ1v) is 19.7. The van der Waals surface area contributed by atoms with Crippen LogP contribution in [0.1, 0.15) is 84.5 Å². The number of nitrogens with one attached hydrogen (secondary N) is 3. The number of hydrogen-bond donors (Lipinski definition) is 3. The third-order valence-corrected chi connectivity index (χ3v) is 12.0. The first-order valence-electron chi connectivity index (χ1n) is 17.5. The van der Waals surface area contributed by atoms with Crippen molar-refractivity contribution in [1.82, 2.24) is 24.5 Å². The van der Waals surface area contributed by atoms with E-state index in [1.807, 2.05) is 44.7 Å². The van der Waals surface area contributed by atoms with Crippen LogP contribution < -0.4 is 10.6 Å². The minimum absolute atomic E-state index is 0.0726. The van der Waals surface area contributed by atoms with E-state index < -0.39 is 27.8 Å². The number of likely N-dealkylation sites (tertiary alicyclic amines) is 1. The van der Waals surface area contributed by atoms with E-state index >= 15 is 0 Å². The van der Waals surface area contributed by atoms with Crippen LogP contribution in [0.25, 0.3) is 11.3 Å². The van der Waals surface area contributed by atoms with Crippen LogP contribution in [0.2, 0.25) is 5.15 Å². The van der Waals surface area contributed by atoms with E-state index in [0.29, 0.717) is 48.4 Å². The number of carbonyl (C=O) groups is 3. The van der Waals surface area contributed by atoms with Gasteiger partial charge in [0.25, 0.3) is 0 Å². The molecule has 2 saturated heterocycles. The summed E-state index contributed by atoms with van der Waals surface area (Å²) in [6.45, 7) is 9.04. The quantitative estimate of drug-likeness (QED) is 0.289. The van der Waals surface area contributed by atoms with Crippen molar-refractivity contribution in [2.75, 3.05) is 38.3 Å². The van der Waals surface area contributed by atoms with Crippen molar-refractivity contribution in [2.24, 2.45) is 23.7 Å². The molecule has 50 heavy (non-hydrogen) atoms. The van der Waals surface area contributed by atoms with Crippen molar-refractivity contribution in [2.45, 2.75) is 90.3 Å². The maximum absolute atomic E-state index is 14.3. The Balaban J connectivity index is 1.31. The van der Waals surface area contributed by atoms with Crippen molar-refractivity contribution < 1.29 is 32.3 Å². The molecule has 2 aromatic rings. The van der Waals surface area contributed by atoms with Gasteiger partial charge in [-0.1, -0.05) is 23.7 Å². The lowest BCUT2D eigenvalue weighted by Crippen LogP contribution is -2.44. The Morgan fingerprint density at radius 2 is 1.64 bits per heavy atom. The fourth-order valence-corrected chi connectivity index (χ4v) is 8.82. The van der Waals surface area contributed by atoms with Gasteiger partial charge in [0.1, 0.15) is 22.3 Å². The molecular formula is C35H51ClN6O7S. The predicted octanol–water partition coefficient (Wildman–Crippen LogP) is 6.19. The molecule has 1 saturated carbocycles. The Kier molecular flexibility index (Phi) is 11.7. The molecule has 0 bridgehead atoms. The van der Waals surface area contributed by atoms with Crippen LogP contribution in [0.3, 0.4) is 0 Å². The number of imidazole rings is 1. The lowest BCUT2D eigenvalue weighted by molar-refractivity contribution is -0.138. The fourth-order valence-electron chi connectivity index (χ4n) is 7.70. The molecule has 15 heteroatoms.